The highest BCUT2D eigenvalue weighted by Crippen LogP contribution is 2.24. The Hall–Kier alpha value is -1.93. The number of sulfonamides is 1. The van der Waals surface area contributed by atoms with Crippen molar-refractivity contribution in [2.75, 3.05) is 26.3 Å². The van der Waals surface area contributed by atoms with E-state index >= 15 is 0 Å². The Morgan fingerprint density at radius 3 is 2.39 bits per heavy atom. The van der Waals surface area contributed by atoms with Crippen LogP contribution in [0.25, 0.3) is 0 Å². The number of carbonyl (C=O) groups is 1. The predicted octanol–water partition coefficient (Wildman–Crippen LogP) is 3.33. The number of halogens is 1. The minimum Gasteiger partial charge on any atom is -0.457 e. The molecule has 0 N–H and O–H groups in total. The molecule has 8 heteroatoms. The molecule has 2 aromatic rings. The zero-order valence-electron chi connectivity index (χ0n) is 15.8. The highest BCUT2D eigenvalue weighted by atomic mass is 35.5. The van der Waals surface area contributed by atoms with Gasteiger partial charge in [0.25, 0.3) is 0 Å². The van der Waals surface area contributed by atoms with Gasteiger partial charge >= 0.3 is 5.97 Å². The van der Waals surface area contributed by atoms with Gasteiger partial charge in [-0.1, -0.05) is 40.9 Å². The molecule has 6 nitrogen and oxygen atoms in total. The first kappa shape index (κ1) is 20.8. The molecule has 1 saturated heterocycles. The van der Waals surface area contributed by atoms with Gasteiger partial charge < -0.3 is 9.47 Å². The summed E-state index contributed by atoms with van der Waals surface area (Å²) in [7, 11) is -3.73. The topological polar surface area (TPSA) is 72.9 Å². The van der Waals surface area contributed by atoms with Crippen LogP contribution in [0.3, 0.4) is 0 Å². The number of ether oxygens (including phenoxy) is 2. The smallest absolute Gasteiger partial charge is 0.340 e. The van der Waals surface area contributed by atoms with Crippen molar-refractivity contribution in [1.82, 2.24) is 4.31 Å². The first-order chi connectivity index (χ1) is 13.3. The van der Waals surface area contributed by atoms with Crippen LogP contribution < -0.4 is 0 Å². The second-order valence-corrected chi connectivity index (χ2v) is 9.08. The van der Waals surface area contributed by atoms with E-state index in [0.29, 0.717) is 13.2 Å². The number of hydrogen-bond acceptors (Lipinski definition) is 5. The number of esters is 1. The normalized spacial score (nSPS) is 15.4. The average molecular weight is 424 g/mol. The van der Waals surface area contributed by atoms with Gasteiger partial charge in [-0.25, -0.2) is 13.2 Å². The Balaban J connectivity index is 1.79. The summed E-state index contributed by atoms with van der Waals surface area (Å²) in [6.07, 6.45) is 0. The Morgan fingerprint density at radius 2 is 1.75 bits per heavy atom. The number of carbonyl (C=O) groups excluding carboxylic acids is 1. The molecule has 0 unspecified atom stereocenters. The van der Waals surface area contributed by atoms with Gasteiger partial charge in [-0.2, -0.15) is 4.31 Å². The van der Waals surface area contributed by atoms with Crippen LogP contribution in [0.5, 0.6) is 0 Å². The zero-order chi connectivity index (χ0) is 20.3. The van der Waals surface area contributed by atoms with Gasteiger partial charge in [0.15, 0.2) is 0 Å². The lowest BCUT2D eigenvalue weighted by atomic mass is 10.1. The van der Waals surface area contributed by atoms with Crippen LogP contribution in [0.2, 0.25) is 5.02 Å². The lowest BCUT2D eigenvalue weighted by Gasteiger charge is -2.26. The van der Waals surface area contributed by atoms with E-state index in [1.165, 1.54) is 22.5 Å². The van der Waals surface area contributed by atoms with E-state index in [1.54, 1.807) is 0 Å². The summed E-state index contributed by atoms with van der Waals surface area (Å²) in [5, 5.41) is 0.145. The summed E-state index contributed by atoms with van der Waals surface area (Å²) >= 11 is 6.13. The first-order valence-corrected chi connectivity index (χ1v) is 10.7. The zero-order valence-corrected chi connectivity index (χ0v) is 17.3. The molecule has 0 aromatic heterocycles. The van der Waals surface area contributed by atoms with Gasteiger partial charge in [0.05, 0.1) is 28.7 Å². The molecule has 0 aliphatic carbocycles. The molecule has 3 rings (SSSR count). The lowest BCUT2D eigenvalue weighted by Crippen LogP contribution is -2.40. The van der Waals surface area contributed by atoms with Crippen molar-refractivity contribution in [3.8, 4) is 0 Å². The lowest BCUT2D eigenvalue weighted by molar-refractivity contribution is 0.0472. The van der Waals surface area contributed by atoms with Crippen LogP contribution >= 0.6 is 11.6 Å². The van der Waals surface area contributed by atoms with Gasteiger partial charge in [0, 0.05) is 13.1 Å². The number of nitrogens with zero attached hydrogens (tertiary/aromatic N) is 1. The highest BCUT2D eigenvalue weighted by molar-refractivity contribution is 7.89. The third kappa shape index (κ3) is 4.72. The highest BCUT2D eigenvalue weighted by Gasteiger charge is 2.27. The van der Waals surface area contributed by atoms with Crippen molar-refractivity contribution in [2.24, 2.45) is 0 Å². The minimum atomic E-state index is -3.73. The fraction of sp³-hybridized carbons (Fsp3) is 0.350. The second-order valence-electron chi connectivity index (χ2n) is 6.73. The molecule has 28 heavy (non-hydrogen) atoms. The molecule has 0 bridgehead atoms. The van der Waals surface area contributed by atoms with E-state index in [9.17, 15) is 13.2 Å². The van der Waals surface area contributed by atoms with E-state index in [2.05, 4.69) is 0 Å². The minimum absolute atomic E-state index is 0.0113. The van der Waals surface area contributed by atoms with Crippen molar-refractivity contribution in [3.63, 3.8) is 0 Å². The van der Waals surface area contributed by atoms with Gasteiger partial charge in [-0.15, -0.1) is 0 Å². The summed E-state index contributed by atoms with van der Waals surface area (Å²) < 4.78 is 37.5. The maximum atomic E-state index is 12.8. The van der Waals surface area contributed by atoms with Gasteiger partial charge in [-0.05, 0) is 37.6 Å². The van der Waals surface area contributed by atoms with Crippen LogP contribution in [-0.4, -0.2) is 45.0 Å². The predicted molar refractivity (Wildman–Crippen MR) is 106 cm³/mol. The maximum absolute atomic E-state index is 12.8. The third-order valence-electron chi connectivity index (χ3n) is 4.42. The molecule has 0 saturated carbocycles. The van der Waals surface area contributed by atoms with E-state index in [0.717, 1.165) is 16.7 Å². The molecule has 1 aliphatic heterocycles. The number of morpholine rings is 1. The summed E-state index contributed by atoms with van der Waals surface area (Å²) in [4.78, 5) is 12.5. The third-order valence-corrected chi connectivity index (χ3v) is 6.64. The van der Waals surface area contributed by atoms with Gasteiger partial charge in [-0.3, -0.25) is 0 Å². The van der Waals surface area contributed by atoms with Crippen molar-refractivity contribution in [1.29, 1.82) is 0 Å². The molecular weight excluding hydrogens is 402 g/mol. The van der Waals surface area contributed by atoms with Gasteiger partial charge in [0.1, 0.15) is 6.61 Å². The fourth-order valence-electron chi connectivity index (χ4n) is 3.14. The standard InChI is InChI=1S/C20H22ClNO5S/c1-14-9-15(2)11-16(10-14)13-27-20(23)18-12-17(3-4-19(18)21)28(24,25)22-5-7-26-8-6-22/h3-4,9-12H,5-8,13H2,1-2H3. The molecule has 0 atom stereocenters. The van der Waals surface area contributed by atoms with Crippen molar-refractivity contribution in [2.45, 2.75) is 25.3 Å². The van der Waals surface area contributed by atoms with E-state index < -0.39 is 16.0 Å². The van der Waals surface area contributed by atoms with E-state index in [4.69, 9.17) is 21.1 Å². The fourth-order valence-corrected chi connectivity index (χ4v) is 4.77. The van der Waals surface area contributed by atoms with Crippen LogP contribution in [0.4, 0.5) is 0 Å². The summed E-state index contributed by atoms with van der Waals surface area (Å²) in [6, 6.07) is 9.97. The quantitative estimate of drug-likeness (QED) is 0.689. The van der Waals surface area contributed by atoms with E-state index in [-0.39, 0.29) is 35.2 Å². The molecule has 0 radical (unpaired) electrons. The van der Waals surface area contributed by atoms with Gasteiger partial charge in [0.2, 0.25) is 10.0 Å². The molecular formula is C20H22ClNO5S. The number of hydrogen-bond donors (Lipinski definition) is 0. The summed E-state index contributed by atoms with van der Waals surface area (Å²) in [5.74, 6) is -0.664. The van der Waals surface area contributed by atoms with Crippen LogP contribution in [-0.2, 0) is 26.1 Å². The summed E-state index contributed by atoms with van der Waals surface area (Å²) in [6.45, 7) is 5.26. The molecule has 0 spiro atoms. The molecule has 1 heterocycles. The van der Waals surface area contributed by atoms with Crippen molar-refractivity contribution < 1.29 is 22.7 Å². The number of benzene rings is 2. The SMILES string of the molecule is Cc1cc(C)cc(COC(=O)c2cc(S(=O)(=O)N3CCOCC3)ccc2Cl)c1. The molecule has 2 aromatic carbocycles. The van der Waals surface area contributed by atoms with Crippen molar-refractivity contribution >= 4 is 27.6 Å². The Bertz CT molecular complexity index is 964. The molecule has 1 aliphatic rings. The van der Waals surface area contributed by atoms with Crippen molar-refractivity contribution in [3.05, 3.63) is 63.7 Å². The molecule has 1 fully saturated rings. The summed E-state index contributed by atoms with van der Waals surface area (Å²) in [5.41, 5.74) is 3.03. The Labute approximate surface area is 170 Å². The maximum Gasteiger partial charge on any atom is 0.340 e. The largest absolute Gasteiger partial charge is 0.457 e. The van der Waals surface area contributed by atoms with E-state index in [1.807, 2.05) is 32.0 Å². The van der Waals surface area contributed by atoms with Crippen LogP contribution in [0.1, 0.15) is 27.0 Å². The molecule has 150 valence electrons. The average Bonchev–Trinajstić information content (AvgIpc) is 2.66. The number of aryl methyl sites for hydroxylation is 2. The molecule has 0 amide bonds. The first-order valence-electron chi connectivity index (χ1n) is 8.89. The van der Waals surface area contributed by atoms with Crippen LogP contribution in [0, 0.1) is 13.8 Å². The monoisotopic (exact) mass is 423 g/mol. The number of rotatable bonds is 5. The second kappa shape index (κ2) is 8.61. The Kier molecular flexibility index (Phi) is 6.40. The Morgan fingerprint density at radius 1 is 1.11 bits per heavy atom. The van der Waals surface area contributed by atoms with Crippen LogP contribution in [0.15, 0.2) is 41.3 Å².